The Kier molecular flexibility index (Phi) is 2.35. The van der Waals surface area contributed by atoms with Gasteiger partial charge in [-0.3, -0.25) is 9.59 Å². The molecule has 2 atom stereocenters. The van der Waals surface area contributed by atoms with Crippen LogP contribution in [-0.4, -0.2) is 21.8 Å². The zero-order valence-electron chi connectivity index (χ0n) is 10.3. The van der Waals surface area contributed by atoms with Crippen molar-refractivity contribution < 1.29 is 19.8 Å². The predicted molar refractivity (Wildman–Crippen MR) is 68.3 cm³/mol. The molecule has 0 radical (unpaired) electrons. The molecule has 0 fully saturated rings. The maximum Gasteiger partial charge on any atom is 0.190 e. The number of carbonyl (C=O) groups is 2. The van der Waals surface area contributed by atoms with Crippen LogP contribution < -0.4 is 0 Å². The van der Waals surface area contributed by atoms with Crippen molar-refractivity contribution >= 4 is 11.6 Å². The maximum absolute atomic E-state index is 12.5. The van der Waals surface area contributed by atoms with Gasteiger partial charge in [-0.1, -0.05) is 25.2 Å². The molecule has 4 nitrogen and oxygen atoms in total. The number of hydrogen-bond donors (Lipinski definition) is 2. The number of phenolic OH excluding ortho intramolecular Hbond substituents is 2. The lowest BCUT2D eigenvalue weighted by atomic mass is 9.70. The van der Waals surface area contributed by atoms with E-state index < -0.39 is 11.7 Å². The number of hydrogen-bond acceptors (Lipinski definition) is 4. The van der Waals surface area contributed by atoms with Crippen LogP contribution in [0.5, 0.6) is 11.5 Å². The standard InChI is InChI=1S/C15H12O4/c1-7-3-2-4-8-11(7)15(19)12-9(13(8)17)5-6-10(16)14(12)18/h2-7,11,16,18H,1H3. The first-order valence-electron chi connectivity index (χ1n) is 6.04. The molecule has 0 bridgehead atoms. The van der Waals surface area contributed by atoms with Crippen molar-refractivity contribution in [1.29, 1.82) is 0 Å². The summed E-state index contributed by atoms with van der Waals surface area (Å²) >= 11 is 0. The Hall–Kier alpha value is -2.36. The van der Waals surface area contributed by atoms with Crippen molar-refractivity contribution in [1.82, 2.24) is 0 Å². The summed E-state index contributed by atoms with van der Waals surface area (Å²) in [4.78, 5) is 24.8. The molecule has 2 unspecified atom stereocenters. The molecule has 0 saturated heterocycles. The number of Topliss-reactive ketones (excluding diaryl/α,β-unsaturated/α-hetero) is 2. The summed E-state index contributed by atoms with van der Waals surface area (Å²) in [6.07, 6.45) is 5.27. The average molecular weight is 256 g/mol. The highest BCUT2D eigenvalue weighted by Crippen LogP contribution is 2.42. The molecule has 0 spiro atoms. The minimum absolute atomic E-state index is 0.0608. The topological polar surface area (TPSA) is 74.6 Å². The second-order valence-corrected chi connectivity index (χ2v) is 4.89. The highest BCUT2D eigenvalue weighted by atomic mass is 16.3. The minimum Gasteiger partial charge on any atom is -0.504 e. The van der Waals surface area contributed by atoms with Gasteiger partial charge in [-0.15, -0.1) is 0 Å². The SMILES string of the molecule is CC1C=CC=C2C(=O)c3ccc(O)c(O)c3C(=O)C21. The van der Waals surface area contributed by atoms with Crippen LogP contribution in [-0.2, 0) is 0 Å². The Morgan fingerprint density at radius 2 is 1.89 bits per heavy atom. The minimum atomic E-state index is -0.572. The average Bonchev–Trinajstić information content (AvgIpc) is 2.39. The van der Waals surface area contributed by atoms with Crippen LogP contribution in [0.25, 0.3) is 0 Å². The van der Waals surface area contributed by atoms with Crippen molar-refractivity contribution in [3.8, 4) is 11.5 Å². The van der Waals surface area contributed by atoms with Gasteiger partial charge in [-0.25, -0.2) is 0 Å². The van der Waals surface area contributed by atoms with Gasteiger partial charge in [0.2, 0.25) is 0 Å². The van der Waals surface area contributed by atoms with E-state index in [4.69, 9.17) is 0 Å². The van der Waals surface area contributed by atoms with E-state index in [0.29, 0.717) is 5.57 Å². The van der Waals surface area contributed by atoms with Crippen LogP contribution >= 0.6 is 0 Å². The lowest BCUT2D eigenvalue weighted by molar-refractivity contribution is 0.0857. The molecule has 19 heavy (non-hydrogen) atoms. The molecule has 2 aliphatic carbocycles. The molecule has 2 N–H and O–H groups in total. The number of allylic oxidation sites excluding steroid dienone is 4. The monoisotopic (exact) mass is 256 g/mol. The summed E-state index contributed by atoms with van der Waals surface area (Å²) in [6, 6.07) is 2.60. The van der Waals surface area contributed by atoms with E-state index in [1.165, 1.54) is 12.1 Å². The number of phenols is 2. The lowest BCUT2D eigenvalue weighted by Crippen LogP contribution is -2.34. The van der Waals surface area contributed by atoms with Gasteiger partial charge in [0, 0.05) is 11.1 Å². The molecule has 4 heteroatoms. The van der Waals surface area contributed by atoms with E-state index in [-0.39, 0.29) is 34.4 Å². The van der Waals surface area contributed by atoms with Gasteiger partial charge in [0.05, 0.1) is 11.5 Å². The molecule has 1 aromatic carbocycles. The Morgan fingerprint density at radius 3 is 2.63 bits per heavy atom. The normalized spacial score (nSPS) is 24.8. The first-order chi connectivity index (χ1) is 9.02. The van der Waals surface area contributed by atoms with Gasteiger partial charge in [-0.2, -0.15) is 0 Å². The third-order valence-corrected chi connectivity index (χ3v) is 3.74. The van der Waals surface area contributed by atoms with Crippen molar-refractivity contribution in [3.05, 3.63) is 47.1 Å². The van der Waals surface area contributed by atoms with Gasteiger partial charge in [0.25, 0.3) is 0 Å². The first-order valence-corrected chi connectivity index (χ1v) is 6.04. The number of fused-ring (bicyclic) bond motifs is 2. The summed E-state index contributed by atoms with van der Waals surface area (Å²) in [5.41, 5.74) is 0.553. The highest BCUT2D eigenvalue weighted by molar-refractivity contribution is 6.25. The zero-order valence-corrected chi connectivity index (χ0v) is 10.3. The second kappa shape index (κ2) is 3.82. The second-order valence-electron chi connectivity index (χ2n) is 4.89. The van der Waals surface area contributed by atoms with Crippen LogP contribution in [0, 0.1) is 11.8 Å². The Balaban J connectivity index is 2.29. The zero-order chi connectivity index (χ0) is 13.7. The third kappa shape index (κ3) is 1.46. The maximum atomic E-state index is 12.5. The number of benzene rings is 1. The molecule has 1 aromatic rings. The third-order valence-electron chi connectivity index (χ3n) is 3.74. The quantitative estimate of drug-likeness (QED) is 0.698. The van der Waals surface area contributed by atoms with E-state index in [9.17, 15) is 19.8 Å². The van der Waals surface area contributed by atoms with Gasteiger partial charge < -0.3 is 10.2 Å². The molecule has 3 rings (SSSR count). The molecule has 2 aliphatic rings. The van der Waals surface area contributed by atoms with Gasteiger partial charge >= 0.3 is 0 Å². The molecular weight excluding hydrogens is 244 g/mol. The number of ketones is 2. The summed E-state index contributed by atoms with van der Waals surface area (Å²) in [6.45, 7) is 1.85. The molecule has 0 heterocycles. The summed E-state index contributed by atoms with van der Waals surface area (Å²) < 4.78 is 0. The molecule has 96 valence electrons. The number of rotatable bonds is 0. The molecule has 0 aliphatic heterocycles. The van der Waals surface area contributed by atoms with E-state index in [1.54, 1.807) is 12.2 Å². The van der Waals surface area contributed by atoms with Crippen LogP contribution in [0.15, 0.2) is 35.9 Å². The van der Waals surface area contributed by atoms with E-state index in [1.807, 2.05) is 13.0 Å². The first kappa shape index (κ1) is 11.7. The Bertz CT molecular complexity index is 667. The Morgan fingerprint density at radius 1 is 1.16 bits per heavy atom. The van der Waals surface area contributed by atoms with Gasteiger partial charge in [0.15, 0.2) is 23.1 Å². The van der Waals surface area contributed by atoms with Crippen LogP contribution in [0.1, 0.15) is 27.6 Å². The van der Waals surface area contributed by atoms with Crippen molar-refractivity contribution in [2.24, 2.45) is 11.8 Å². The fourth-order valence-corrected chi connectivity index (χ4v) is 2.76. The highest BCUT2D eigenvalue weighted by Gasteiger charge is 2.42. The van der Waals surface area contributed by atoms with E-state index in [0.717, 1.165) is 0 Å². The molecule has 0 saturated carbocycles. The Labute approximate surface area is 109 Å². The fraction of sp³-hybridized carbons (Fsp3) is 0.200. The summed E-state index contributed by atoms with van der Waals surface area (Å²) in [5.74, 6) is -2.13. The van der Waals surface area contributed by atoms with Gasteiger partial charge in [0.1, 0.15) is 0 Å². The van der Waals surface area contributed by atoms with Crippen molar-refractivity contribution in [3.63, 3.8) is 0 Å². The van der Waals surface area contributed by atoms with Crippen molar-refractivity contribution in [2.45, 2.75) is 6.92 Å². The van der Waals surface area contributed by atoms with Crippen LogP contribution in [0.3, 0.4) is 0 Å². The number of carbonyl (C=O) groups excluding carboxylic acids is 2. The summed E-state index contributed by atoms with van der Waals surface area (Å²) in [7, 11) is 0. The smallest absolute Gasteiger partial charge is 0.190 e. The van der Waals surface area contributed by atoms with Crippen LogP contribution in [0.4, 0.5) is 0 Å². The van der Waals surface area contributed by atoms with E-state index >= 15 is 0 Å². The van der Waals surface area contributed by atoms with Gasteiger partial charge in [-0.05, 0) is 18.1 Å². The summed E-state index contributed by atoms with van der Waals surface area (Å²) in [5, 5.41) is 19.3. The van der Waals surface area contributed by atoms with Crippen molar-refractivity contribution in [2.75, 3.05) is 0 Å². The predicted octanol–water partition coefficient (Wildman–Crippen LogP) is 2.23. The van der Waals surface area contributed by atoms with Crippen LogP contribution in [0.2, 0.25) is 0 Å². The molecule has 0 aromatic heterocycles. The lowest BCUT2D eigenvalue weighted by Gasteiger charge is -2.30. The molecule has 0 amide bonds. The molecular formula is C15H12O4. The fourth-order valence-electron chi connectivity index (χ4n) is 2.76. The number of aromatic hydroxyl groups is 2. The van der Waals surface area contributed by atoms with E-state index in [2.05, 4.69) is 0 Å². The largest absolute Gasteiger partial charge is 0.504 e.